The summed E-state index contributed by atoms with van der Waals surface area (Å²) < 4.78 is 11.1. The van der Waals surface area contributed by atoms with E-state index in [-0.39, 0.29) is 11.9 Å². The summed E-state index contributed by atoms with van der Waals surface area (Å²) in [5.74, 6) is 1.73. The van der Waals surface area contributed by atoms with Crippen LogP contribution < -0.4 is 15.1 Å². The van der Waals surface area contributed by atoms with Gasteiger partial charge in [0.05, 0.1) is 37.5 Å². The van der Waals surface area contributed by atoms with Gasteiger partial charge in [-0.3, -0.25) is 4.79 Å². The lowest BCUT2D eigenvalue weighted by Gasteiger charge is -2.34. The quantitative estimate of drug-likeness (QED) is 0.709. The molecule has 1 aromatic heterocycles. The zero-order chi connectivity index (χ0) is 21.8. The third-order valence-corrected chi connectivity index (χ3v) is 5.62. The number of morpholine rings is 2. The second-order valence-corrected chi connectivity index (χ2v) is 8.25. The number of hydrogen-bond donors (Lipinski definition) is 1. The predicted octanol–water partition coefficient (Wildman–Crippen LogP) is 1.93. The molecule has 31 heavy (non-hydrogen) atoms. The molecule has 2 aromatic rings. The maximum Gasteiger partial charge on any atom is 0.246 e. The van der Waals surface area contributed by atoms with Crippen molar-refractivity contribution >= 4 is 28.6 Å². The Bertz CT molecular complexity index is 952. The van der Waals surface area contributed by atoms with E-state index in [9.17, 15) is 4.79 Å². The second kappa shape index (κ2) is 9.62. The molecule has 166 valence electrons. The van der Waals surface area contributed by atoms with Gasteiger partial charge in [0.15, 0.2) is 11.6 Å². The Morgan fingerprint density at radius 2 is 1.58 bits per heavy atom. The summed E-state index contributed by atoms with van der Waals surface area (Å²) in [4.78, 5) is 26.5. The molecule has 2 fully saturated rings. The zero-order valence-electron chi connectivity index (χ0n) is 18.4. The van der Waals surface area contributed by atoms with Gasteiger partial charge in [0.1, 0.15) is 0 Å². The van der Waals surface area contributed by atoms with Crippen LogP contribution in [0.1, 0.15) is 19.4 Å². The number of benzene rings is 1. The fourth-order valence-electron chi connectivity index (χ4n) is 3.93. The largest absolute Gasteiger partial charge is 0.378 e. The Hall–Kier alpha value is -2.71. The number of nitrogens with zero attached hydrogens (tertiary/aromatic N) is 4. The van der Waals surface area contributed by atoms with Crippen LogP contribution >= 0.6 is 0 Å². The van der Waals surface area contributed by atoms with Gasteiger partial charge in [0, 0.05) is 37.8 Å². The predicted molar refractivity (Wildman–Crippen MR) is 122 cm³/mol. The minimum absolute atomic E-state index is 0.000876. The third kappa shape index (κ3) is 5.14. The maximum atomic E-state index is 11.9. The van der Waals surface area contributed by atoms with Crippen molar-refractivity contribution in [3.8, 4) is 0 Å². The van der Waals surface area contributed by atoms with Crippen molar-refractivity contribution in [2.45, 2.75) is 26.3 Å². The SMILES string of the molecule is C=C(C)C(=O)NC(C)Cc1ccc2nc(N3CCOCC3)c(N3CCOCC3)nc2c1. The molecule has 8 nitrogen and oxygen atoms in total. The highest BCUT2D eigenvalue weighted by Gasteiger charge is 2.24. The number of carbonyl (C=O) groups is 1. The molecule has 0 bridgehead atoms. The Labute approximate surface area is 183 Å². The molecule has 1 amide bonds. The van der Waals surface area contributed by atoms with E-state index in [0.717, 1.165) is 60.8 Å². The third-order valence-electron chi connectivity index (χ3n) is 5.62. The van der Waals surface area contributed by atoms with Crippen LogP contribution in [0.5, 0.6) is 0 Å². The molecule has 0 saturated carbocycles. The summed E-state index contributed by atoms with van der Waals surface area (Å²) in [5, 5.41) is 2.98. The normalized spacial score (nSPS) is 18.1. The van der Waals surface area contributed by atoms with Gasteiger partial charge in [0.25, 0.3) is 0 Å². The van der Waals surface area contributed by atoms with Crippen molar-refractivity contribution in [3.63, 3.8) is 0 Å². The summed E-state index contributed by atoms with van der Waals surface area (Å²) in [5.41, 5.74) is 3.38. The standard InChI is InChI=1S/C23H31N5O3/c1-16(2)23(29)24-17(3)14-18-4-5-19-20(15-18)26-22(28-8-12-31-13-9-28)21(25-19)27-6-10-30-11-7-27/h4-5,15,17H,1,6-14H2,2-3H3,(H,24,29). The summed E-state index contributed by atoms with van der Waals surface area (Å²) >= 11 is 0. The van der Waals surface area contributed by atoms with Crippen molar-refractivity contribution < 1.29 is 14.3 Å². The van der Waals surface area contributed by atoms with E-state index in [0.29, 0.717) is 32.0 Å². The van der Waals surface area contributed by atoms with E-state index in [1.54, 1.807) is 6.92 Å². The van der Waals surface area contributed by atoms with Crippen LogP contribution in [0.4, 0.5) is 11.6 Å². The monoisotopic (exact) mass is 425 g/mol. The summed E-state index contributed by atoms with van der Waals surface area (Å²) in [7, 11) is 0. The number of carbonyl (C=O) groups excluding carboxylic acids is 1. The van der Waals surface area contributed by atoms with Crippen molar-refractivity contribution in [1.29, 1.82) is 0 Å². The molecule has 1 aromatic carbocycles. The number of anilines is 2. The molecule has 2 aliphatic heterocycles. The number of nitrogens with one attached hydrogen (secondary N) is 1. The first kappa shape index (κ1) is 21.5. The van der Waals surface area contributed by atoms with Gasteiger partial charge in [-0.2, -0.15) is 0 Å². The van der Waals surface area contributed by atoms with E-state index in [1.165, 1.54) is 0 Å². The molecule has 0 radical (unpaired) electrons. The van der Waals surface area contributed by atoms with Crippen LogP contribution in [-0.4, -0.2) is 74.5 Å². The van der Waals surface area contributed by atoms with Crippen molar-refractivity contribution in [3.05, 3.63) is 35.9 Å². The molecule has 0 aliphatic carbocycles. The minimum atomic E-state index is -0.113. The molecule has 2 saturated heterocycles. The van der Waals surface area contributed by atoms with Gasteiger partial charge in [-0.05, 0) is 38.0 Å². The fourth-order valence-corrected chi connectivity index (χ4v) is 3.93. The molecule has 8 heteroatoms. The molecule has 2 aliphatic rings. The minimum Gasteiger partial charge on any atom is -0.378 e. The highest BCUT2D eigenvalue weighted by molar-refractivity contribution is 5.92. The zero-order valence-corrected chi connectivity index (χ0v) is 18.4. The molecule has 0 spiro atoms. The highest BCUT2D eigenvalue weighted by atomic mass is 16.5. The number of hydrogen-bond acceptors (Lipinski definition) is 7. The molecule has 4 rings (SSSR count). The van der Waals surface area contributed by atoms with Crippen LogP contribution in [0.3, 0.4) is 0 Å². The van der Waals surface area contributed by atoms with Crippen LogP contribution in [0.2, 0.25) is 0 Å². The fraction of sp³-hybridized carbons (Fsp3) is 0.522. The van der Waals surface area contributed by atoms with Gasteiger partial charge in [-0.1, -0.05) is 12.6 Å². The number of rotatable bonds is 6. The van der Waals surface area contributed by atoms with Gasteiger partial charge in [-0.15, -0.1) is 0 Å². The molecule has 1 unspecified atom stereocenters. The van der Waals surface area contributed by atoms with E-state index < -0.39 is 0 Å². The Morgan fingerprint density at radius 1 is 1.03 bits per heavy atom. The molecule has 1 atom stereocenters. The Balaban J connectivity index is 1.63. The van der Waals surface area contributed by atoms with Gasteiger partial charge < -0.3 is 24.6 Å². The molecule has 3 heterocycles. The van der Waals surface area contributed by atoms with Crippen LogP contribution in [-0.2, 0) is 20.7 Å². The first-order valence-electron chi connectivity index (χ1n) is 10.9. The number of fused-ring (bicyclic) bond motifs is 1. The molecular weight excluding hydrogens is 394 g/mol. The number of amides is 1. The lowest BCUT2D eigenvalue weighted by molar-refractivity contribution is -0.118. The first-order chi connectivity index (χ1) is 15.0. The van der Waals surface area contributed by atoms with E-state index in [2.05, 4.69) is 33.8 Å². The second-order valence-electron chi connectivity index (χ2n) is 8.25. The van der Waals surface area contributed by atoms with Gasteiger partial charge in [-0.25, -0.2) is 9.97 Å². The van der Waals surface area contributed by atoms with E-state index >= 15 is 0 Å². The van der Waals surface area contributed by atoms with Gasteiger partial charge in [0.2, 0.25) is 5.91 Å². The van der Waals surface area contributed by atoms with Crippen LogP contribution in [0.25, 0.3) is 11.0 Å². The summed E-state index contributed by atoms with van der Waals surface area (Å²) in [6.07, 6.45) is 0.717. The number of ether oxygens (including phenoxy) is 2. The topological polar surface area (TPSA) is 79.8 Å². The smallest absolute Gasteiger partial charge is 0.246 e. The molecule has 1 N–H and O–H groups in total. The summed E-state index contributed by atoms with van der Waals surface area (Å²) in [6.45, 7) is 13.5. The summed E-state index contributed by atoms with van der Waals surface area (Å²) in [6, 6.07) is 6.18. The van der Waals surface area contributed by atoms with E-state index in [4.69, 9.17) is 19.4 Å². The maximum absolute atomic E-state index is 11.9. The van der Waals surface area contributed by atoms with Crippen LogP contribution in [0, 0.1) is 0 Å². The average molecular weight is 426 g/mol. The van der Waals surface area contributed by atoms with Gasteiger partial charge >= 0.3 is 0 Å². The first-order valence-corrected chi connectivity index (χ1v) is 10.9. The van der Waals surface area contributed by atoms with Crippen LogP contribution in [0.15, 0.2) is 30.4 Å². The van der Waals surface area contributed by atoms with Crippen molar-refractivity contribution in [2.24, 2.45) is 0 Å². The lowest BCUT2D eigenvalue weighted by atomic mass is 10.1. The van der Waals surface area contributed by atoms with E-state index in [1.807, 2.05) is 13.0 Å². The number of aromatic nitrogens is 2. The highest BCUT2D eigenvalue weighted by Crippen LogP contribution is 2.30. The Morgan fingerprint density at radius 3 is 2.13 bits per heavy atom. The van der Waals surface area contributed by atoms with Crippen molar-refractivity contribution in [1.82, 2.24) is 15.3 Å². The van der Waals surface area contributed by atoms with Crippen molar-refractivity contribution in [2.75, 3.05) is 62.4 Å². The Kier molecular flexibility index (Phi) is 6.67. The average Bonchev–Trinajstić information content (AvgIpc) is 2.79. The lowest BCUT2D eigenvalue weighted by Crippen LogP contribution is -2.41. The molecular formula is C23H31N5O3.